The van der Waals surface area contributed by atoms with Gasteiger partial charge in [-0.15, -0.1) is 0 Å². The van der Waals surface area contributed by atoms with Gasteiger partial charge in [0.25, 0.3) is 0 Å². The minimum Gasteiger partial charge on any atom is -0.410 e. The number of fused-ring (bicyclic) bond motifs is 4. The number of ether oxygens (including phenoxy) is 1. The van der Waals surface area contributed by atoms with Gasteiger partial charge in [0, 0.05) is 32.2 Å². The molecule has 4 rings (SSSR count). The van der Waals surface area contributed by atoms with Crippen molar-refractivity contribution in [2.45, 2.75) is 25.1 Å². The molecule has 2 bridgehead atoms. The zero-order valence-corrected chi connectivity index (χ0v) is 12.0. The van der Waals surface area contributed by atoms with Gasteiger partial charge < -0.3 is 14.5 Å². The lowest BCUT2D eigenvalue weighted by molar-refractivity contribution is -0.137. The van der Waals surface area contributed by atoms with E-state index in [1.807, 2.05) is 0 Å². The number of hydrogen-bond acceptors (Lipinski definition) is 3. The SMILES string of the molecule is O=C(Oc1ccc(C(F)(F)F)cc1)N1CCN2CCC1CC2. The van der Waals surface area contributed by atoms with Crippen molar-refractivity contribution in [1.29, 1.82) is 0 Å². The van der Waals surface area contributed by atoms with E-state index in [4.69, 9.17) is 4.74 Å². The molecule has 3 fully saturated rings. The Hall–Kier alpha value is -1.76. The number of rotatable bonds is 1. The van der Waals surface area contributed by atoms with Crippen molar-refractivity contribution in [2.24, 2.45) is 0 Å². The first-order valence-electron chi connectivity index (χ1n) is 7.31. The maximum atomic E-state index is 12.5. The fourth-order valence-electron chi connectivity index (χ4n) is 3.00. The minimum atomic E-state index is -4.39. The lowest BCUT2D eigenvalue weighted by Crippen LogP contribution is -2.43. The number of piperidine rings is 1. The molecule has 0 aliphatic carbocycles. The summed E-state index contributed by atoms with van der Waals surface area (Å²) in [7, 11) is 0. The monoisotopic (exact) mass is 314 g/mol. The predicted molar refractivity (Wildman–Crippen MR) is 73.6 cm³/mol. The van der Waals surface area contributed by atoms with Crippen molar-refractivity contribution in [3.05, 3.63) is 29.8 Å². The normalized spacial score (nSPS) is 25.0. The highest BCUT2D eigenvalue weighted by Gasteiger charge is 2.33. The van der Waals surface area contributed by atoms with Crippen molar-refractivity contribution in [1.82, 2.24) is 9.80 Å². The van der Waals surface area contributed by atoms with Crippen molar-refractivity contribution >= 4 is 6.09 Å². The van der Waals surface area contributed by atoms with Crippen LogP contribution < -0.4 is 4.74 Å². The maximum absolute atomic E-state index is 12.5. The molecule has 22 heavy (non-hydrogen) atoms. The molecule has 0 atom stereocenters. The van der Waals surface area contributed by atoms with Crippen LogP contribution in [0.3, 0.4) is 0 Å². The van der Waals surface area contributed by atoms with E-state index in [0.717, 1.165) is 44.6 Å². The first kappa shape index (κ1) is 15.1. The lowest BCUT2D eigenvalue weighted by atomic mass is 10.1. The first-order valence-corrected chi connectivity index (χ1v) is 7.31. The number of benzene rings is 1. The molecule has 4 nitrogen and oxygen atoms in total. The van der Waals surface area contributed by atoms with Gasteiger partial charge in [-0.25, -0.2) is 4.79 Å². The third-order valence-corrected chi connectivity index (χ3v) is 4.28. The van der Waals surface area contributed by atoms with Crippen molar-refractivity contribution in [3.8, 4) is 5.75 Å². The van der Waals surface area contributed by atoms with Crippen LogP contribution in [0.15, 0.2) is 24.3 Å². The second kappa shape index (κ2) is 5.79. The Morgan fingerprint density at radius 1 is 1.05 bits per heavy atom. The Morgan fingerprint density at radius 3 is 2.27 bits per heavy atom. The van der Waals surface area contributed by atoms with Crippen LogP contribution in [-0.2, 0) is 6.18 Å². The zero-order valence-electron chi connectivity index (χ0n) is 12.0. The molecule has 0 radical (unpaired) electrons. The summed E-state index contributed by atoms with van der Waals surface area (Å²) in [5.74, 6) is 0.136. The molecule has 3 saturated heterocycles. The summed E-state index contributed by atoms with van der Waals surface area (Å²) in [6.07, 6.45) is -3.03. The third-order valence-electron chi connectivity index (χ3n) is 4.28. The molecule has 0 N–H and O–H groups in total. The fourth-order valence-corrected chi connectivity index (χ4v) is 3.00. The number of amides is 1. The van der Waals surface area contributed by atoms with E-state index < -0.39 is 17.8 Å². The molecule has 1 aromatic carbocycles. The largest absolute Gasteiger partial charge is 0.416 e. The molecular weight excluding hydrogens is 297 g/mol. The van der Waals surface area contributed by atoms with Gasteiger partial charge in [-0.05, 0) is 37.1 Å². The van der Waals surface area contributed by atoms with Gasteiger partial charge in [-0.2, -0.15) is 13.2 Å². The highest BCUT2D eigenvalue weighted by atomic mass is 19.4. The molecule has 0 aromatic heterocycles. The summed E-state index contributed by atoms with van der Waals surface area (Å²) in [5, 5.41) is 0. The van der Waals surface area contributed by atoms with Crippen molar-refractivity contribution in [2.75, 3.05) is 26.2 Å². The van der Waals surface area contributed by atoms with Crippen LogP contribution in [0.4, 0.5) is 18.0 Å². The summed E-state index contributed by atoms with van der Waals surface area (Å²) in [5.41, 5.74) is -0.756. The van der Waals surface area contributed by atoms with Crippen LogP contribution in [0.1, 0.15) is 18.4 Å². The highest BCUT2D eigenvalue weighted by Crippen LogP contribution is 2.30. The van der Waals surface area contributed by atoms with Gasteiger partial charge in [-0.1, -0.05) is 0 Å². The number of carbonyl (C=O) groups is 1. The standard InChI is InChI=1S/C15H17F3N2O2/c16-15(17,18)11-1-3-13(4-2-11)22-14(21)20-10-9-19-7-5-12(20)6-8-19/h1-4,12H,5-10H2. The topological polar surface area (TPSA) is 32.8 Å². The molecule has 1 aromatic rings. The van der Waals surface area contributed by atoms with Crippen molar-refractivity contribution in [3.63, 3.8) is 0 Å². The quantitative estimate of drug-likeness (QED) is 0.799. The number of alkyl halides is 3. The van der Waals surface area contributed by atoms with Gasteiger partial charge >= 0.3 is 12.3 Å². The molecule has 0 unspecified atom stereocenters. The van der Waals surface area contributed by atoms with Crippen LogP contribution >= 0.6 is 0 Å². The lowest BCUT2D eigenvalue weighted by Gasteiger charge is -2.30. The second-order valence-electron chi connectivity index (χ2n) is 5.66. The van der Waals surface area contributed by atoms with Crippen LogP contribution in [-0.4, -0.2) is 48.1 Å². The van der Waals surface area contributed by atoms with Crippen LogP contribution in [0.2, 0.25) is 0 Å². The van der Waals surface area contributed by atoms with Crippen LogP contribution in [0.5, 0.6) is 5.75 Å². The molecule has 0 saturated carbocycles. The van der Waals surface area contributed by atoms with Gasteiger partial charge in [0.05, 0.1) is 5.56 Å². The number of halogens is 3. The molecule has 120 valence electrons. The van der Waals surface area contributed by atoms with E-state index in [0.29, 0.717) is 6.54 Å². The van der Waals surface area contributed by atoms with Crippen molar-refractivity contribution < 1.29 is 22.7 Å². The third kappa shape index (κ3) is 3.19. The van der Waals surface area contributed by atoms with E-state index in [2.05, 4.69) is 4.90 Å². The highest BCUT2D eigenvalue weighted by molar-refractivity contribution is 5.71. The number of hydrogen-bond donors (Lipinski definition) is 0. The Balaban J connectivity index is 1.66. The van der Waals surface area contributed by atoms with E-state index in [-0.39, 0.29) is 11.8 Å². The molecule has 1 amide bonds. The minimum absolute atomic E-state index is 0.136. The summed E-state index contributed by atoms with van der Waals surface area (Å²) >= 11 is 0. The summed E-state index contributed by atoms with van der Waals surface area (Å²) in [6, 6.07) is 4.37. The van der Waals surface area contributed by atoms with Crippen LogP contribution in [0.25, 0.3) is 0 Å². The zero-order chi connectivity index (χ0) is 15.7. The van der Waals surface area contributed by atoms with E-state index in [1.54, 1.807) is 4.90 Å². The first-order chi connectivity index (χ1) is 10.4. The average molecular weight is 314 g/mol. The van der Waals surface area contributed by atoms with E-state index in [1.165, 1.54) is 12.1 Å². The molecule has 3 aliphatic heterocycles. The summed E-state index contributed by atoms with van der Waals surface area (Å²) in [6.45, 7) is 3.38. The van der Waals surface area contributed by atoms with Gasteiger partial charge in [-0.3, -0.25) is 0 Å². The summed E-state index contributed by atoms with van der Waals surface area (Å²) in [4.78, 5) is 16.3. The van der Waals surface area contributed by atoms with Crippen LogP contribution in [0, 0.1) is 0 Å². The summed E-state index contributed by atoms with van der Waals surface area (Å²) < 4.78 is 42.7. The molecule has 7 heteroatoms. The Morgan fingerprint density at radius 2 is 1.68 bits per heavy atom. The Kier molecular flexibility index (Phi) is 3.99. The number of nitrogens with zero attached hydrogens (tertiary/aromatic N) is 2. The molecule has 0 spiro atoms. The van der Waals surface area contributed by atoms with E-state index in [9.17, 15) is 18.0 Å². The smallest absolute Gasteiger partial charge is 0.410 e. The average Bonchev–Trinajstić information content (AvgIpc) is 2.80. The second-order valence-corrected chi connectivity index (χ2v) is 5.66. The van der Waals surface area contributed by atoms with Gasteiger partial charge in [0.2, 0.25) is 0 Å². The molecular formula is C15H17F3N2O2. The van der Waals surface area contributed by atoms with Gasteiger partial charge in [0.15, 0.2) is 0 Å². The Bertz CT molecular complexity index is 537. The molecule has 3 aliphatic rings. The predicted octanol–water partition coefficient (Wildman–Crippen LogP) is 2.98. The fraction of sp³-hybridized carbons (Fsp3) is 0.533. The van der Waals surface area contributed by atoms with Gasteiger partial charge in [0.1, 0.15) is 5.75 Å². The van der Waals surface area contributed by atoms with E-state index >= 15 is 0 Å². The maximum Gasteiger partial charge on any atom is 0.416 e. The number of carbonyl (C=O) groups excluding carboxylic acids is 1. The molecule has 3 heterocycles. The Labute approximate surface area is 126 Å².